The van der Waals surface area contributed by atoms with Gasteiger partial charge in [-0.2, -0.15) is 0 Å². The Morgan fingerprint density at radius 1 is 0.870 bits per heavy atom. The van der Waals surface area contributed by atoms with E-state index in [1.165, 1.54) is 19.3 Å². The summed E-state index contributed by atoms with van der Waals surface area (Å²) >= 11 is 0. The van der Waals surface area contributed by atoms with Crippen LogP contribution in [-0.4, -0.2) is 12.4 Å². The monoisotopic (exact) mass is 310 g/mol. The molecule has 0 aliphatic heterocycles. The van der Waals surface area contributed by atoms with E-state index in [4.69, 9.17) is 4.74 Å². The summed E-state index contributed by atoms with van der Waals surface area (Å²) in [5.41, 5.74) is 1.41. The van der Waals surface area contributed by atoms with Crippen molar-refractivity contribution in [3.63, 3.8) is 0 Å². The van der Waals surface area contributed by atoms with Crippen molar-refractivity contribution in [2.75, 3.05) is 6.61 Å². The Labute approximate surface area is 139 Å². The minimum atomic E-state index is 0.0471. The topological polar surface area (TPSA) is 26.3 Å². The van der Waals surface area contributed by atoms with E-state index >= 15 is 0 Å². The molecule has 2 aromatic rings. The summed E-state index contributed by atoms with van der Waals surface area (Å²) in [6.45, 7) is 5.26. The van der Waals surface area contributed by atoms with Gasteiger partial charge in [0.15, 0.2) is 5.78 Å². The van der Waals surface area contributed by atoms with Gasteiger partial charge in [-0.25, -0.2) is 0 Å². The molecule has 0 saturated heterocycles. The second-order valence-corrected chi connectivity index (χ2v) is 6.31. The second-order valence-electron chi connectivity index (χ2n) is 6.31. The maximum atomic E-state index is 12.3. The highest BCUT2D eigenvalue weighted by Gasteiger charge is 2.08. The molecule has 0 aliphatic carbocycles. The number of rotatable bonds is 9. The first-order valence-corrected chi connectivity index (χ1v) is 8.49. The standard InChI is InChI=1S/C21H26O2/c1-17(2)9-5-4-8-16-23-20-14-12-19(13-15-20)21(22)18-10-6-3-7-11-18/h3,6-7,10-15,17H,4-5,8-9,16H2,1-2H3. The Morgan fingerprint density at radius 3 is 2.17 bits per heavy atom. The van der Waals surface area contributed by atoms with Crippen LogP contribution in [0.2, 0.25) is 0 Å². The molecule has 0 bridgehead atoms. The third kappa shape index (κ3) is 5.90. The molecule has 0 amide bonds. The molecule has 0 aliphatic rings. The van der Waals surface area contributed by atoms with Gasteiger partial charge in [-0.05, 0) is 36.6 Å². The van der Waals surface area contributed by atoms with Crippen LogP contribution >= 0.6 is 0 Å². The van der Waals surface area contributed by atoms with Gasteiger partial charge in [0.25, 0.3) is 0 Å². The molecule has 0 spiro atoms. The van der Waals surface area contributed by atoms with Crippen LogP contribution in [0.3, 0.4) is 0 Å². The molecule has 0 fully saturated rings. The summed E-state index contributed by atoms with van der Waals surface area (Å²) in [5, 5.41) is 0. The fourth-order valence-corrected chi connectivity index (χ4v) is 2.48. The zero-order chi connectivity index (χ0) is 16.5. The largest absolute Gasteiger partial charge is 0.494 e. The van der Waals surface area contributed by atoms with Gasteiger partial charge in [0.05, 0.1) is 6.61 Å². The first kappa shape index (κ1) is 17.3. The zero-order valence-corrected chi connectivity index (χ0v) is 14.1. The summed E-state index contributed by atoms with van der Waals surface area (Å²) in [4.78, 5) is 12.3. The quantitative estimate of drug-likeness (QED) is 0.451. The van der Waals surface area contributed by atoms with Crippen LogP contribution in [0.4, 0.5) is 0 Å². The molecule has 2 rings (SSSR count). The van der Waals surface area contributed by atoms with Crippen LogP contribution in [0, 0.1) is 5.92 Å². The van der Waals surface area contributed by atoms with Crippen molar-refractivity contribution in [2.45, 2.75) is 39.5 Å². The lowest BCUT2D eigenvalue weighted by Crippen LogP contribution is -2.02. The number of carbonyl (C=O) groups excluding carboxylic acids is 1. The maximum Gasteiger partial charge on any atom is 0.193 e. The average molecular weight is 310 g/mol. The van der Waals surface area contributed by atoms with Crippen LogP contribution in [0.1, 0.15) is 55.5 Å². The zero-order valence-electron chi connectivity index (χ0n) is 14.1. The van der Waals surface area contributed by atoms with Crippen LogP contribution in [-0.2, 0) is 0 Å². The third-order valence-corrected chi connectivity index (χ3v) is 3.85. The number of ketones is 1. The predicted molar refractivity (Wildman–Crippen MR) is 95.1 cm³/mol. The van der Waals surface area contributed by atoms with E-state index in [-0.39, 0.29) is 5.78 Å². The lowest BCUT2D eigenvalue weighted by atomic mass is 10.0. The minimum Gasteiger partial charge on any atom is -0.494 e. The third-order valence-electron chi connectivity index (χ3n) is 3.85. The molecular formula is C21H26O2. The Hall–Kier alpha value is -2.09. The molecule has 0 radical (unpaired) electrons. The molecule has 23 heavy (non-hydrogen) atoms. The number of carbonyl (C=O) groups is 1. The molecule has 0 aromatic heterocycles. The fourth-order valence-electron chi connectivity index (χ4n) is 2.48. The Bertz CT molecular complexity index is 585. The number of benzene rings is 2. The average Bonchev–Trinajstić information content (AvgIpc) is 2.58. The molecule has 0 N–H and O–H groups in total. The van der Waals surface area contributed by atoms with E-state index in [2.05, 4.69) is 13.8 Å². The van der Waals surface area contributed by atoms with Gasteiger partial charge >= 0.3 is 0 Å². The van der Waals surface area contributed by atoms with Crippen molar-refractivity contribution in [1.29, 1.82) is 0 Å². The summed E-state index contributed by atoms with van der Waals surface area (Å²) in [7, 11) is 0. The maximum absolute atomic E-state index is 12.3. The molecule has 2 heteroatoms. The molecule has 122 valence electrons. The lowest BCUT2D eigenvalue weighted by Gasteiger charge is -2.08. The van der Waals surface area contributed by atoms with E-state index in [1.807, 2.05) is 54.6 Å². The van der Waals surface area contributed by atoms with Crippen molar-refractivity contribution in [1.82, 2.24) is 0 Å². The number of hydrogen-bond acceptors (Lipinski definition) is 2. The summed E-state index contributed by atoms with van der Waals surface area (Å²) in [6.07, 6.45) is 4.85. The summed E-state index contributed by atoms with van der Waals surface area (Å²) in [6, 6.07) is 16.8. The number of ether oxygens (including phenoxy) is 1. The highest BCUT2D eigenvalue weighted by molar-refractivity contribution is 6.08. The van der Waals surface area contributed by atoms with Gasteiger partial charge in [0.2, 0.25) is 0 Å². The van der Waals surface area contributed by atoms with Crippen molar-refractivity contribution in [2.24, 2.45) is 5.92 Å². The minimum absolute atomic E-state index is 0.0471. The number of hydrogen-bond donors (Lipinski definition) is 0. The SMILES string of the molecule is CC(C)CCCCCOc1ccc(C(=O)c2ccccc2)cc1. The smallest absolute Gasteiger partial charge is 0.193 e. The van der Waals surface area contributed by atoms with Gasteiger partial charge < -0.3 is 4.74 Å². The van der Waals surface area contributed by atoms with E-state index in [1.54, 1.807) is 0 Å². The molecule has 0 heterocycles. The van der Waals surface area contributed by atoms with Crippen molar-refractivity contribution in [3.05, 3.63) is 65.7 Å². The highest BCUT2D eigenvalue weighted by atomic mass is 16.5. The van der Waals surface area contributed by atoms with Gasteiger partial charge in [-0.3, -0.25) is 4.79 Å². The van der Waals surface area contributed by atoms with E-state index in [9.17, 15) is 4.79 Å². The first-order valence-electron chi connectivity index (χ1n) is 8.49. The molecule has 0 saturated carbocycles. The van der Waals surface area contributed by atoms with E-state index in [0.29, 0.717) is 11.1 Å². The summed E-state index contributed by atoms with van der Waals surface area (Å²) in [5.74, 6) is 1.66. The van der Waals surface area contributed by atoms with Crippen molar-refractivity contribution < 1.29 is 9.53 Å². The van der Waals surface area contributed by atoms with E-state index in [0.717, 1.165) is 24.7 Å². The van der Waals surface area contributed by atoms with Crippen LogP contribution in [0.25, 0.3) is 0 Å². The number of unbranched alkanes of at least 4 members (excludes halogenated alkanes) is 2. The Morgan fingerprint density at radius 2 is 1.52 bits per heavy atom. The van der Waals surface area contributed by atoms with Gasteiger partial charge in [0.1, 0.15) is 5.75 Å². The highest BCUT2D eigenvalue weighted by Crippen LogP contribution is 2.16. The second kappa shape index (κ2) is 9.14. The van der Waals surface area contributed by atoms with Crippen LogP contribution < -0.4 is 4.74 Å². The van der Waals surface area contributed by atoms with Gasteiger partial charge in [0, 0.05) is 11.1 Å². The first-order chi connectivity index (χ1) is 11.2. The van der Waals surface area contributed by atoms with Gasteiger partial charge in [-0.15, -0.1) is 0 Å². The van der Waals surface area contributed by atoms with E-state index < -0.39 is 0 Å². The molecular weight excluding hydrogens is 284 g/mol. The van der Waals surface area contributed by atoms with Crippen molar-refractivity contribution in [3.8, 4) is 5.75 Å². The fraction of sp³-hybridized carbons (Fsp3) is 0.381. The molecule has 2 aromatic carbocycles. The predicted octanol–water partition coefficient (Wildman–Crippen LogP) is 5.51. The molecule has 0 atom stereocenters. The van der Waals surface area contributed by atoms with Crippen LogP contribution in [0.15, 0.2) is 54.6 Å². The van der Waals surface area contributed by atoms with Crippen molar-refractivity contribution >= 4 is 5.78 Å². The van der Waals surface area contributed by atoms with Crippen LogP contribution in [0.5, 0.6) is 5.75 Å². The molecule has 0 unspecified atom stereocenters. The van der Waals surface area contributed by atoms with Gasteiger partial charge in [-0.1, -0.05) is 63.4 Å². The normalized spacial score (nSPS) is 10.7. The Kier molecular flexibility index (Phi) is 6.86. The lowest BCUT2D eigenvalue weighted by molar-refractivity contribution is 0.103. The summed E-state index contributed by atoms with van der Waals surface area (Å²) < 4.78 is 5.74. The molecule has 2 nitrogen and oxygen atoms in total. The Balaban J connectivity index is 1.77.